The molecule has 0 unspecified atom stereocenters. The molecule has 3 rings (SSSR count). The Hall–Kier alpha value is -1.84. The minimum Gasteiger partial charge on any atom is -0.457 e. The van der Waals surface area contributed by atoms with Crippen molar-refractivity contribution in [1.82, 2.24) is 10.2 Å². The Balaban J connectivity index is 1.72. The van der Waals surface area contributed by atoms with Crippen LogP contribution >= 0.6 is 0 Å². The van der Waals surface area contributed by atoms with Gasteiger partial charge in [-0.15, -0.1) is 0 Å². The molecule has 0 radical (unpaired) electrons. The molecule has 1 heterocycles. The van der Waals surface area contributed by atoms with Crippen molar-refractivity contribution in [2.75, 3.05) is 33.7 Å². The number of ether oxygens (including phenoxy) is 1. The van der Waals surface area contributed by atoms with E-state index in [1.807, 2.05) is 12.1 Å². The van der Waals surface area contributed by atoms with E-state index in [0.29, 0.717) is 5.92 Å². The zero-order valence-electron chi connectivity index (χ0n) is 13.4. The summed E-state index contributed by atoms with van der Waals surface area (Å²) in [6, 6.07) is 16.7. The smallest absolute Gasteiger partial charge is 0.131 e. The van der Waals surface area contributed by atoms with Crippen LogP contribution in [0.5, 0.6) is 11.5 Å². The fourth-order valence-corrected chi connectivity index (χ4v) is 3.00. The van der Waals surface area contributed by atoms with Crippen LogP contribution in [0.2, 0.25) is 0 Å². The first-order valence-corrected chi connectivity index (χ1v) is 7.97. The molecule has 0 fully saturated rings. The first kappa shape index (κ1) is 15.1. The van der Waals surface area contributed by atoms with Crippen molar-refractivity contribution in [3.63, 3.8) is 0 Å². The number of fused-ring (bicyclic) bond motifs is 2. The summed E-state index contributed by atoms with van der Waals surface area (Å²) in [4.78, 5) is 2.22. The molecule has 0 amide bonds. The van der Waals surface area contributed by atoms with Crippen LogP contribution in [0, 0.1) is 0 Å². The fourth-order valence-electron chi connectivity index (χ4n) is 3.00. The second-order valence-corrected chi connectivity index (χ2v) is 6.09. The number of rotatable bonds is 6. The molecule has 3 heteroatoms. The lowest BCUT2D eigenvalue weighted by molar-refractivity contribution is 0.392. The van der Waals surface area contributed by atoms with Crippen LogP contribution in [0.4, 0.5) is 0 Å². The molecule has 0 saturated carbocycles. The van der Waals surface area contributed by atoms with Crippen LogP contribution in [-0.4, -0.2) is 38.6 Å². The lowest BCUT2D eigenvalue weighted by Gasteiger charge is -2.28. The SMILES string of the molecule is CN(C)CCCNCC1c2ccccc2Oc2ccccc21. The lowest BCUT2D eigenvalue weighted by atomic mass is 9.88. The molecule has 2 aromatic rings. The number of hydrogen-bond acceptors (Lipinski definition) is 3. The summed E-state index contributed by atoms with van der Waals surface area (Å²) in [5.41, 5.74) is 2.56. The van der Waals surface area contributed by atoms with E-state index in [0.717, 1.165) is 31.1 Å². The number of nitrogens with zero attached hydrogens (tertiary/aromatic N) is 1. The topological polar surface area (TPSA) is 24.5 Å². The Morgan fingerprint density at radius 3 is 2.14 bits per heavy atom. The predicted molar refractivity (Wildman–Crippen MR) is 90.8 cm³/mol. The Morgan fingerprint density at radius 1 is 0.955 bits per heavy atom. The van der Waals surface area contributed by atoms with Gasteiger partial charge in [0.25, 0.3) is 0 Å². The first-order valence-electron chi connectivity index (χ1n) is 7.97. The minimum absolute atomic E-state index is 0.362. The van der Waals surface area contributed by atoms with Gasteiger partial charge in [-0.25, -0.2) is 0 Å². The van der Waals surface area contributed by atoms with Gasteiger partial charge in [0.05, 0.1) is 0 Å². The number of para-hydroxylation sites is 2. The van der Waals surface area contributed by atoms with Gasteiger partial charge in [0.15, 0.2) is 0 Å². The van der Waals surface area contributed by atoms with E-state index in [-0.39, 0.29) is 0 Å². The van der Waals surface area contributed by atoms with Crippen molar-refractivity contribution in [1.29, 1.82) is 0 Å². The molecule has 0 aliphatic carbocycles. The van der Waals surface area contributed by atoms with Crippen LogP contribution in [0.3, 0.4) is 0 Å². The average Bonchev–Trinajstić information content (AvgIpc) is 2.53. The highest BCUT2D eigenvalue weighted by Crippen LogP contribution is 2.43. The van der Waals surface area contributed by atoms with E-state index in [1.165, 1.54) is 17.5 Å². The average molecular weight is 296 g/mol. The molecular formula is C19H24N2O. The van der Waals surface area contributed by atoms with Crippen LogP contribution in [-0.2, 0) is 0 Å². The Bertz CT molecular complexity index is 579. The molecule has 1 N–H and O–H groups in total. The maximum atomic E-state index is 6.03. The van der Waals surface area contributed by atoms with E-state index in [2.05, 4.69) is 60.7 Å². The Labute approximate surface area is 132 Å². The monoisotopic (exact) mass is 296 g/mol. The number of benzene rings is 2. The largest absolute Gasteiger partial charge is 0.457 e. The molecule has 22 heavy (non-hydrogen) atoms. The standard InChI is InChI=1S/C19H24N2O/c1-21(2)13-7-12-20-14-17-15-8-3-5-10-18(15)22-19-11-6-4-9-16(17)19/h3-6,8-11,17,20H,7,12-14H2,1-2H3. The van der Waals surface area contributed by atoms with Gasteiger partial charge in [0, 0.05) is 23.6 Å². The summed E-state index contributed by atoms with van der Waals surface area (Å²) in [5.74, 6) is 2.34. The van der Waals surface area contributed by atoms with Crippen molar-refractivity contribution in [3.05, 3.63) is 59.7 Å². The molecule has 2 aromatic carbocycles. The zero-order valence-corrected chi connectivity index (χ0v) is 13.4. The summed E-state index contributed by atoms with van der Waals surface area (Å²) in [7, 11) is 4.23. The second-order valence-electron chi connectivity index (χ2n) is 6.09. The van der Waals surface area contributed by atoms with Gasteiger partial charge in [-0.05, 0) is 45.7 Å². The quantitative estimate of drug-likeness (QED) is 0.826. The highest BCUT2D eigenvalue weighted by molar-refractivity contribution is 5.53. The normalized spacial score (nSPS) is 13.6. The van der Waals surface area contributed by atoms with Gasteiger partial charge in [-0.2, -0.15) is 0 Å². The van der Waals surface area contributed by atoms with Crippen molar-refractivity contribution in [2.24, 2.45) is 0 Å². The van der Waals surface area contributed by atoms with E-state index >= 15 is 0 Å². The fraction of sp³-hybridized carbons (Fsp3) is 0.368. The van der Waals surface area contributed by atoms with E-state index < -0.39 is 0 Å². The second kappa shape index (κ2) is 6.95. The zero-order chi connectivity index (χ0) is 15.4. The van der Waals surface area contributed by atoms with E-state index in [4.69, 9.17) is 4.74 Å². The van der Waals surface area contributed by atoms with Gasteiger partial charge in [-0.1, -0.05) is 36.4 Å². The molecule has 0 saturated heterocycles. The van der Waals surface area contributed by atoms with Crippen molar-refractivity contribution >= 4 is 0 Å². The molecule has 3 nitrogen and oxygen atoms in total. The van der Waals surface area contributed by atoms with E-state index in [1.54, 1.807) is 0 Å². The maximum absolute atomic E-state index is 6.03. The molecule has 0 atom stereocenters. The number of hydrogen-bond donors (Lipinski definition) is 1. The molecule has 0 aromatic heterocycles. The van der Waals surface area contributed by atoms with Crippen molar-refractivity contribution in [2.45, 2.75) is 12.3 Å². The molecule has 1 aliphatic heterocycles. The van der Waals surface area contributed by atoms with Crippen molar-refractivity contribution < 1.29 is 4.74 Å². The molecule has 0 bridgehead atoms. The Kier molecular flexibility index (Phi) is 4.76. The Morgan fingerprint density at radius 2 is 1.55 bits per heavy atom. The lowest BCUT2D eigenvalue weighted by Crippen LogP contribution is -2.27. The predicted octanol–water partition coefficient (Wildman–Crippen LogP) is 3.47. The molecule has 1 aliphatic rings. The van der Waals surface area contributed by atoms with Gasteiger partial charge in [-0.3, -0.25) is 0 Å². The summed E-state index contributed by atoms with van der Waals surface area (Å²) < 4.78 is 6.03. The molecule has 116 valence electrons. The third kappa shape index (κ3) is 3.32. The van der Waals surface area contributed by atoms with Gasteiger partial charge in [0.1, 0.15) is 11.5 Å². The molecule has 0 spiro atoms. The molecular weight excluding hydrogens is 272 g/mol. The number of nitrogens with one attached hydrogen (secondary N) is 1. The van der Waals surface area contributed by atoms with Crippen LogP contribution in [0.1, 0.15) is 23.5 Å². The van der Waals surface area contributed by atoms with E-state index in [9.17, 15) is 0 Å². The maximum Gasteiger partial charge on any atom is 0.131 e. The highest BCUT2D eigenvalue weighted by Gasteiger charge is 2.26. The third-order valence-electron chi connectivity index (χ3n) is 4.12. The van der Waals surface area contributed by atoms with Crippen LogP contribution in [0.15, 0.2) is 48.5 Å². The van der Waals surface area contributed by atoms with Crippen molar-refractivity contribution in [3.8, 4) is 11.5 Å². The summed E-state index contributed by atoms with van der Waals surface area (Å²) in [6.07, 6.45) is 1.17. The first-order chi connectivity index (χ1) is 10.8. The third-order valence-corrected chi connectivity index (χ3v) is 4.12. The van der Waals surface area contributed by atoms with Gasteiger partial charge < -0.3 is 15.0 Å². The summed E-state index contributed by atoms with van der Waals surface area (Å²) in [6.45, 7) is 3.11. The van der Waals surface area contributed by atoms with Gasteiger partial charge in [0.2, 0.25) is 0 Å². The van der Waals surface area contributed by atoms with Gasteiger partial charge >= 0.3 is 0 Å². The summed E-state index contributed by atoms with van der Waals surface area (Å²) >= 11 is 0. The van der Waals surface area contributed by atoms with Crippen LogP contribution in [0.25, 0.3) is 0 Å². The van der Waals surface area contributed by atoms with Crippen LogP contribution < -0.4 is 10.1 Å². The highest BCUT2D eigenvalue weighted by atomic mass is 16.5. The minimum atomic E-state index is 0.362. The summed E-state index contributed by atoms with van der Waals surface area (Å²) in [5, 5.41) is 3.61.